The molecule has 2 N–H and O–H groups in total. The lowest BCUT2D eigenvalue weighted by atomic mass is 10.1. The second-order valence-corrected chi connectivity index (χ2v) is 4.62. The molecular weight excluding hydrogens is 262 g/mol. The van der Waals surface area contributed by atoms with Gasteiger partial charge in [-0.25, -0.2) is 8.78 Å². The quantitative estimate of drug-likeness (QED) is 0.883. The van der Waals surface area contributed by atoms with E-state index in [2.05, 4.69) is 10.3 Å². The van der Waals surface area contributed by atoms with Gasteiger partial charge in [0.1, 0.15) is 11.6 Å². The van der Waals surface area contributed by atoms with E-state index < -0.39 is 17.7 Å². The summed E-state index contributed by atoms with van der Waals surface area (Å²) in [6.07, 6.45) is 0.640. The minimum Gasteiger partial charge on any atom is -0.387 e. The maximum absolute atomic E-state index is 13.5. The second-order valence-electron chi connectivity index (χ2n) is 4.62. The third-order valence-electron chi connectivity index (χ3n) is 2.96. The number of nitrogens with zero attached hydrogens (tertiary/aromatic N) is 1. The summed E-state index contributed by atoms with van der Waals surface area (Å²) in [5.41, 5.74) is 1.85. The highest BCUT2D eigenvalue weighted by molar-refractivity contribution is 5.21. The Morgan fingerprint density at radius 3 is 2.75 bits per heavy atom. The average Bonchev–Trinajstić information content (AvgIpc) is 2.43. The molecule has 0 fully saturated rings. The Balaban J connectivity index is 1.90. The number of pyridine rings is 1. The first-order valence-corrected chi connectivity index (χ1v) is 6.31. The summed E-state index contributed by atoms with van der Waals surface area (Å²) in [5.74, 6) is -1.18. The zero-order chi connectivity index (χ0) is 14.5. The van der Waals surface area contributed by atoms with Gasteiger partial charge in [-0.2, -0.15) is 0 Å². The highest BCUT2D eigenvalue weighted by Crippen LogP contribution is 2.17. The number of halogens is 2. The van der Waals surface area contributed by atoms with Crippen LogP contribution in [0.5, 0.6) is 0 Å². The number of benzene rings is 1. The van der Waals surface area contributed by atoms with E-state index >= 15 is 0 Å². The van der Waals surface area contributed by atoms with Gasteiger partial charge in [0.05, 0.1) is 6.10 Å². The molecule has 0 saturated heterocycles. The summed E-state index contributed by atoms with van der Waals surface area (Å²) in [6.45, 7) is 2.53. The summed E-state index contributed by atoms with van der Waals surface area (Å²) in [5, 5.41) is 12.9. The van der Waals surface area contributed by atoms with E-state index in [0.29, 0.717) is 6.54 Å². The van der Waals surface area contributed by atoms with Gasteiger partial charge in [-0.15, -0.1) is 0 Å². The molecule has 1 unspecified atom stereocenters. The zero-order valence-electron chi connectivity index (χ0n) is 11.1. The lowest BCUT2D eigenvalue weighted by Crippen LogP contribution is -2.22. The van der Waals surface area contributed by atoms with Crippen LogP contribution >= 0.6 is 0 Å². The molecule has 0 aliphatic heterocycles. The van der Waals surface area contributed by atoms with Gasteiger partial charge in [-0.05, 0) is 36.8 Å². The smallest absolute Gasteiger partial charge is 0.129 e. The van der Waals surface area contributed by atoms with E-state index in [1.807, 2.05) is 19.1 Å². The third-order valence-corrected chi connectivity index (χ3v) is 2.96. The fourth-order valence-electron chi connectivity index (χ4n) is 1.84. The van der Waals surface area contributed by atoms with Crippen LogP contribution in [0.3, 0.4) is 0 Å². The van der Waals surface area contributed by atoms with Crippen molar-refractivity contribution in [1.29, 1.82) is 0 Å². The fourth-order valence-corrected chi connectivity index (χ4v) is 1.84. The number of aliphatic hydroxyl groups is 1. The molecule has 0 radical (unpaired) electrons. The van der Waals surface area contributed by atoms with Crippen LogP contribution in [0.1, 0.15) is 22.9 Å². The first-order valence-electron chi connectivity index (χ1n) is 6.31. The van der Waals surface area contributed by atoms with Crippen LogP contribution in [-0.4, -0.2) is 16.6 Å². The Morgan fingerprint density at radius 1 is 1.25 bits per heavy atom. The van der Waals surface area contributed by atoms with Crippen LogP contribution in [-0.2, 0) is 6.54 Å². The lowest BCUT2D eigenvalue weighted by Gasteiger charge is -2.13. The molecule has 0 aliphatic carbocycles. The predicted octanol–water partition coefficient (Wildman–Crippen LogP) is 2.49. The van der Waals surface area contributed by atoms with Crippen LogP contribution in [0.2, 0.25) is 0 Å². The monoisotopic (exact) mass is 278 g/mol. The average molecular weight is 278 g/mol. The maximum atomic E-state index is 13.5. The molecule has 0 bridgehead atoms. The van der Waals surface area contributed by atoms with E-state index in [4.69, 9.17) is 0 Å². The fraction of sp³-hybridized carbons (Fsp3) is 0.267. The molecule has 0 spiro atoms. The van der Waals surface area contributed by atoms with Gasteiger partial charge < -0.3 is 10.4 Å². The van der Waals surface area contributed by atoms with Crippen molar-refractivity contribution in [3.63, 3.8) is 0 Å². The first-order chi connectivity index (χ1) is 9.56. The van der Waals surface area contributed by atoms with E-state index in [9.17, 15) is 13.9 Å². The molecule has 1 aromatic heterocycles. The molecule has 0 amide bonds. The van der Waals surface area contributed by atoms with Gasteiger partial charge in [0.2, 0.25) is 0 Å². The number of nitrogens with one attached hydrogen (secondary N) is 1. The zero-order valence-corrected chi connectivity index (χ0v) is 11.1. The van der Waals surface area contributed by atoms with Crippen molar-refractivity contribution in [2.75, 3.05) is 6.54 Å². The van der Waals surface area contributed by atoms with Crippen molar-refractivity contribution in [3.8, 4) is 0 Å². The van der Waals surface area contributed by atoms with E-state index in [0.717, 1.165) is 29.5 Å². The minimum atomic E-state index is -1.09. The molecular formula is C15H16F2N2O. The van der Waals surface area contributed by atoms with Crippen LogP contribution in [0, 0.1) is 18.6 Å². The number of hydrogen-bond donors (Lipinski definition) is 2. The lowest BCUT2D eigenvalue weighted by molar-refractivity contribution is 0.169. The van der Waals surface area contributed by atoms with Crippen molar-refractivity contribution < 1.29 is 13.9 Å². The molecule has 2 aromatic rings. The molecule has 1 aromatic carbocycles. The van der Waals surface area contributed by atoms with Gasteiger partial charge in [0.15, 0.2) is 0 Å². The Labute approximate surface area is 116 Å². The van der Waals surface area contributed by atoms with E-state index in [1.165, 1.54) is 0 Å². The van der Waals surface area contributed by atoms with Gasteiger partial charge in [0.25, 0.3) is 0 Å². The maximum Gasteiger partial charge on any atom is 0.129 e. The normalized spacial score (nSPS) is 12.4. The van der Waals surface area contributed by atoms with Crippen molar-refractivity contribution in [2.24, 2.45) is 0 Å². The molecule has 20 heavy (non-hydrogen) atoms. The molecule has 5 heteroatoms. The molecule has 2 rings (SSSR count). The SMILES string of the molecule is Cc1ccc(CNCC(O)c2cc(F)ccc2F)cn1. The second kappa shape index (κ2) is 6.54. The summed E-state index contributed by atoms with van der Waals surface area (Å²) in [7, 11) is 0. The topological polar surface area (TPSA) is 45.1 Å². The largest absolute Gasteiger partial charge is 0.387 e. The van der Waals surface area contributed by atoms with Gasteiger partial charge in [-0.1, -0.05) is 6.07 Å². The Kier molecular flexibility index (Phi) is 4.76. The number of aromatic nitrogens is 1. The minimum absolute atomic E-state index is 0.0421. The van der Waals surface area contributed by atoms with Gasteiger partial charge in [0, 0.05) is 30.5 Å². The summed E-state index contributed by atoms with van der Waals surface area (Å²) < 4.78 is 26.5. The summed E-state index contributed by atoms with van der Waals surface area (Å²) >= 11 is 0. The number of aryl methyl sites for hydroxylation is 1. The van der Waals surface area contributed by atoms with Crippen molar-refractivity contribution in [1.82, 2.24) is 10.3 Å². The molecule has 106 valence electrons. The van der Waals surface area contributed by atoms with Crippen molar-refractivity contribution in [2.45, 2.75) is 19.6 Å². The molecule has 3 nitrogen and oxygen atoms in total. The molecule has 0 saturated carbocycles. The Hall–Kier alpha value is -1.85. The van der Waals surface area contributed by atoms with Crippen molar-refractivity contribution in [3.05, 3.63) is 65.0 Å². The predicted molar refractivity (Wildman–Crippen MR) is 72.0 cm³/mol. The molecule has 0 aliphatic rings. The summed E-state index contributed by atoms with van der Waals surface area (Å²) in [6, 6.07) is 6.86. The van der Waals surface area contributed by atoms with E-state index in [-0.39, 0.29) is 12.1 Å². The Bertz CT molecular complexity index is 573. The highest BCUT2D eigenvalue weighted by atomic mass is 19.1. The molecule has 1 heterocycles. The van der Waals surface area contributed by atoms with Crippen LogP contribution in [0.4, 0.5) is 8.78 Å². The first kappa shape index (κ1) is 14.6. The molecule has 1 atom stereocenters. The van der Waals surface area contributed by atoms with Crippen LogP contribution in [0.15, 0.2) is 36.5 Å². The van der Waals surface area contributed by atoms with Gasteiger partial charge >= 0.3 is 0 Å². The van der Waals surface area contributed by atoms with Crippen LogP contribution in [0.25, 0.3) is 0 Å². The highest BCUT2D eigenvalue weighted by Gasteiger charge is 2.13. The van der Waals surface area contributed by atoms with E-state index in [1.54, 1.807) is 6.20 Å². The third kappa shape index (κ3) is 3.82. The number of rotatable bonds is 5. The van der Waals surface area contributed by atoms with Crippen molar-refractivity contribution >= 4 is 0 Å². The van der Waals surface area contributed by atoms with Crippen LogP contribution < -0.4 is 5.32 Å². The standard InChI is InChI=1S/C15H16F2N2O/c1-10-2-3-11(8-19-10)7-18-9-15(20)13-6-12(16)4-5-14(13)17/h2-6,8,15,18,20H,7,9H2,1H3. The number of aliphatic hydroxyl groups excluding tert-OH is 1. The summed E-state index contributed by atoms with van der Waals surface area (Å²) in [4.78, 5) is 4.15. The van der Waals surface area contributed by atoms with Gasteiger partial charge in [-0.3, -0.25) is 4.98 Å². The Morgan fingerprint density at radius 2 is 2.05 bits per heavy atom. The number of hydrogen-bond acceptors (Lipinski definition) is 3.